The first kappa shape index (κ1) is 18.2. The fourth-order valence-electron chi connectivity index (χ4n) is 2.68. The van der Waals surface area contributed by atoms with E-state index in [0.717, 1.165) is 36.6 Å². The summed E-state index contributed by atoms with van der Waals surface area (Å²) in [6.45, 7) is 6.25. The molecule has 128 valence electrons. The van der Waals surface area contributed by atoms with E-state index in [-0.39, 0.29) is 30.5 Å². The molecule has 3 rings (SSSR count). The van der Waals surface area contributed by atoms with Gasteiger partial charge in [0.1, 0.15) is 5.37 Å². The molecule has 1 unspecified atom stereocenters. The first-order valence-corrected chi connectivity index (χ1v) is 8.74. The van der Waals surface area contributed by atoms with Crippen LogP contribution in [0.15, 0.2) is 18.2 Å². The van der Waals surface area contributed by atoms with Gasteiger partial charge in [-0.15, -0.1) is 24.2 Å². The maximum Gasteiger partial charge on any atom is 0.233 e. The third-order valence-electron chi connectivity index (χ3n) is 3.78. The Labute approximate surface area is 147 Å². The van der Waals surface area contributed by atoms with E-state index in [2.05, 4.69) is 19.2 Å². The van der Waals surface area contributed by atoms with Gasteiger partial charge in [0.15, 0.2) is 11.5 Å². The Hall–Kier alpha value is -1.11. The van der Waals surface area contributed by atoms with Crippen LogP contribution in [-0.2, 0) is 4.79 Å². The Kier molecular flexibility index (Phi) is 6.44. The van der Waals surface area contributed by atoms with Crippen molar-refractivity contribution in [3.05, 3.63) is 23.8 Å². The monoisotopic (exact) mass is 358 g/mol. The summed E-state index contributed by atoms with van der Waals surface area (Å²) in [5.41, 5.74) is 1.11. The van der Waals surface area contributed by atoms with Crippen LogP contribution >= 0.6 is 24.2 Å². The van der Waals surface area contributed by atoms with Gasteiger partial charge in [0, 0.05) is 12.6 Å². The Balaban J connectivity index is 0.00000192. The zero-order valence-corrected chi connectivity index (χ0v) is 15.0. The van der Waals surface area contributed by atoms with Gasteiger partial charge in [0.05, 0.1) is 5.75 Å². The summed E-state index contributed by atoms with van der Waals surface area (Å²) in [7, 11) is 0. The summed E-state index contributed by atoms with van der Waals surface area (Å²) in [6.07, 6.45) is 0.964. The Bertz CT molecular complexity index is 556. The Morgan fingerprint density at radius 2 is 2.13 bits per heavy atom. The second-order valence-electron chi connectivity index (χ2n) is 5.83. The molecule has 0 aromatic heterocycles. The predicted molar refractivity (Wildman–Crippen MR) is 94.5 cm³/mol. The number of nitrogens with zero attached hydrogens (tertiary/aromatic N) is 1. The molecule has 1 aromatic carbocycles. The zero-order chi connectivity index (χ0) is 15.5. The molecule has 1 saturated heterocycles. The summed E-state index contributed by atoms with van der Waals surface area (Å²) in [5.74, 6) is 2.33. The normalized spacial score (nSPS) is 19.3. The smallest absolute Gasteiger partial charge is 0.233 e. The molecule has 1 amide bonds. The number of hydrogen-bond donors (Lipinski definition) is 1. The number of amides is 1. The van der Waals surface area contributed by atoms with Crippen molar-refractivity contribution in [1.82, 2.24) is 10.2 Å². The van der Waals surface area contributed by atoms with E-state index in [4.69, 9.17) is 9.47 Å². The number of benzene rings is 1. The first-order valence-electron chi connectivity index (χ1n) is 7.69. The highest BCUT2D eigenvalue weighted by Gasteiger charge is 2.33. The van der Waals surface area contributed by atoms with Crippen molar-refractivity contribution in [3.63, 3.8) is 0 Å². The molecule has 1 atom stereocenters. The second kappa shape index (κ2) is 8.13. The highest BCUT2D eigenvalue weighted by molar-refractivity contribution is 8.00. The van der Waals surface area contributed by atoms with Crippen molar-refractivity contribution in [2.24, 2.45) is 0 Å². The van der Waals surface area contributed by atoms with Crippen LogP contribution in [0.1, 0.15) is 31.2 Å². The highest BCUT2D eigenvalue weighted by atomic mass is 35.5. The van der Waals surface area contributed by atoms with E-state index in [0.29, 0.717) is 11.8 Å². The van der Waals surface area contributed by atoms with E-state index in [1.807, 2.05) is 23.1 Å². The number of thioether (sulfide) groups is 1. The van der Waals surface area contributed by atoms with Crippen molar-refractivity contribution in [2.45, 2.75) is 31.7 Å². The second-order valence-corrected chi connectivity index (χ2v) is 6.89. The highest BCUT2D eigenvalue weighted by Crippen LogP contribution is 2.42. The molecule has 2 aliphatic heterocycles. The van der Waals surface area contributed by atoms with Gasteiger partial charge >= 0.3 is 0 Å². The average molecular weight is 359 g/mol. The van der Waals surface area contributed by atoms with Gasteiger partial charge < -0.3 is 19.7 Å². The minimum Gasteiger partial charge on any atom is -0.454 e. The predicted octanol–water partition coefficient (Wildman–Crippen LogP) is 2.80. The topological polar surface area (TPSA) is 50.8 Å². The first-order chi connectivity index (χ1) is 10.6. The van der Waals surface area contributed by atoms with Crippen LogP contribution in [0.5, 0.6) is 11.5 Å². The molecule has 0 aliphatic carbocycles. The molecule has 1 aromatic rings. The van der Waals surface area contributed by atoms with E-state index in [1.54, 1.807) is 11.8 Å². The van der Waals surface area contributed by atoms with Crippen LogP contribution in [0.4, 0.5) is 0 Å². The molecule has 0 saturated carbocycles. The van der Waals surface area contributed by atoms with Crippen LogP contribution in [0, 0.1) is 0 Å². The van der Waals surface area contributed by atoms with Crippen molar-refractivity contribution in [2.75, 3.05) is 25.6 Å². The number of fused-ring (bicyclic) bond motifs is 1. The molecular weight excluding hydrogens is 336 g/mol. The number of halogens is 1. The lowest BCUT2D eigenvalue weighted by molar-refractivity contribution is -0.128. The van der Waals surface area contributed by atoms with Crippen molar-refractivity contribution >= 4 is 30.1 Å². The molecule has 0 radical (unpaired) electrons. The van der Waals surface area contributed by atoms with Gasteiger partial charge in [-0.1, -0.05) is 19.9 Å². The summed E-state index contributed by atoms with van der Waals surface area (Å²) in [4.78, 5) is 14.1. The molecule has 1 N–H and O–H groups in total. The summed E-state index contributed by atoms with van der Waals surface area (Å²) < 4.78 is 10.8. The standard InChI is InChI=1S/C16H22N2O3S.ClH/c1-11(2)17-6-3-7-18-15(19)9-22-16(18)12-4-5-13-14(8-12)21-10-20-13;/h4-5,8,11,16-17H,3,6-7,9-10H2,1-2H3;1H. The average Bonchev–Trinajstić information content (AvgIpc) is 3.09. The zero-order valence-electron chi connectivity index (χ0n) is 13.4. The maximum absolute atomic E-state index is 12.1. The molecule has 2 aliphatic rings. The van der Waals surface area contributed by atoms with Gasteiger partial charge in [0.25, 0.3) is 0 Å². The lowest BCUT2D eigenvalue weighted by atomic mass is 10.1. The summed E-state index contributed by atoms with van der Waals surface area (Å²) in [5, 5.41) is 3.48. The molecule has 0 bridgehead atoms. The largest absolute Gasteiger partial charge is 0.454 e. The van der Waals surface area contributed by atoms with Gasteiger partial charge in [0.2, 0.25) is 12.7 Å². The third-order valence-corrected chi connectivity index (χ3v) is 5.03. The van der Waals surface area contributed by atoms with Gasteiger partial charge in [-0.2, -0.15) is 0 Å². The SMILES string of the molecule is CC(C)NCCCN1C(=O)CSC1c1ccc2c(c1)OCO2.Cl. The maximum atomic E-state index is 12.1. The lowest BCUT2D eigenvalue weighted by Gasteiger charge is -2.24. The van der Waals surface area contributed by atoms with Crippen molar-refractivity contribution in [3.8, 4) is 11.5 Å². The number of ether oxygens (including phenoxy) is 2. The minimum atomic E-state index is 0. The lowest BCUT2D eigenvalue weighted by Crippen LogP contribution is -2.32. The molecule has 23 heavy (non-hydrogen) atoms. The number of rotatable bonds is 6. The molecule has 2 heterocycles. The summed E-state index contributed by atoms with van der Waals surface area (Å²) >= 11 is 1.68. The third kappa shape index (κ3) is 4.25. The fraction of sp³-hybridized carbons (Fsp3) is 0.562. The molecule has 5 nitrogen and oxygen atoms in total. The minimum absolute atomic E-state index is 0. The fourth-order valence-corrected chi connectivity index (χ4v) is 3.89. The van der Waals surface area contributed by atoms with Gasteiger partial charge in [-0.25, -0.2) is 0 Å². The van der Waals surface area contributed by atoms with Crippen molar-refractivity contribution in [1.29, 1.82) is 0 Å². The van der Waals surface area contributed by atoms with Gasteiger partial charge in [-0.05, 0) is 30.7 Å². The quantitative estimate of drug-likeness (QED) is 0.792. The Morgan fingerprint density at radius 1 is 1.35 bits per heavy atom. The van der Waals surface area contributed by atoms with E-state index >= 15 is 0 Å². The molecule has 1 fully saturated rings. The number of hydrogen-bond acceptors (Lipinski definition) is 5. The molecule has 0 spiro atoms. The van der Waals surface area contributed by atoms with Crippen LogP contribution < -0.4 is 14.8 Å². The number of carbonyl (C=O) groups is 1. The molecular formula is C16H23ClN2O3S. The summed E-state index contributed by atoms with van der Waals surface area (Å²) in [6, 6.07) is 6.44. The number of carbonyl (C=O) groups excluding carboxylic acids is 1. The van der Waals surface area contributed by atoms with Gasteiger partial charge in [-0.3, -0.25) is 4.79 Å². The van der Waals surface area contributed by atoms with E-state index in [9.17, 15) is 4.79 Å². The Morgan fingerprint density at radius 3 is 2.91 bits per heavy atom. The van der Waals surface area contributed by atoms with E-state index in [1.165, 1.54) is 0 Å². The molecule has 7 heteroatoms. The van der Waals surface area contributed by atoms with Crippen LogP contribution in [0.2, 0.25) is 0 Å². The van der Waals surface area contributed by atoms with E-state index < -0.39 is 0 Å². The number of nitrogens with one attached hydrogen (secondary N) is 1. The van der Waals surface area contributed by atoms with Crippen molar-refractivity contribution < 1.29 is 14.3 Å². The van der Waals surface area contributed by atoms with Crippen LogP contribution in [-0.4, -0.2) is 42.5 Å². The van der Waals surface area contributed by atoms with Crippen LogP contribution in [0.25, 0.3) is 0 Å². The van der Waals surface area contributed by atoms with Crippen LogP contribution in [0.3, 0.4) is 0 Å².